The summed E-state index contributed by atoms with van der Waals surface area (Å²) >= 11 is 0. The molecule has 0 aliphatic heterocycles. The predicted octanol–water partition coefficient (Wildman–Crippen LogP) is 4.20. The zero-order valence-corrected chi connectivity index (χ0v) is 16.3. The Bertz CT molecular complexity index is 1050. The van der Waals surface area contributed by atoms with E-state index in [2.05, 4.69) is 25.5 Å². The lowest BCUT2D eigenvalue weighted by atomic mass is 9.99. The SMILES string of the molecule is [C-]#[N+]N=S(=O)(Cc1ccccc1)NC(=O)Nc1c2c(cc3c1CCC3)CCC2. The second-order valence-corrected chi connectivity index (χ2v) is 9.18. The Labute approximate surface area is 165 Å². The third kappa shape index (κ3) is 3.73. The summed E-state index contributed by atoms with van der Waals surface area (Å²) in [7, 11) is -3.23. The van der Waals surface area contributed by atoms with Gasteiger partial charge in [0.25, 0.3) is 0 Å². The van der Waals surface area contributed by atoms with Crippen molar-refractivity contribution in [1.82, 2.24) is 4.72 Å². The summed E-state index contributed by atoms with van der Waals surface area (Å²) in [6.07, 6.45) is 6.15. The van der Waals surface area contributed by atoms with Crippen molar-refractivity contribution in [1.29, 1.82) is 0 Å². The van der Waals surface area contributed by atoms with Crippen LogP contribution >= 0.6 is 0 Å². The molecule has 144 valence electrons. The summed E-state index contributed by atoms with van der Waals surface area (Å²) < 4.78 is 19.1. The van der Waals surface area contributed by atoms with E-state index >= 15 is 0 Å². The quantitative estimate of drug-likeness (QED) is 0.602. The molecule has 7 heteroatoms. The number of aryl methyl sites for hydroxylation is 2. The van der Waals surface area contributed by atoms with Crippen LogP contribution in [0.15, 0.2) is 40.9 Å². The Hall–Kier alpha value is -2.85. The number of hydrogen-bond acceptors (Lipinski definition) is 3. The van der Waals surface area contributed by atoms with E-state index in [0.717, 1.165) is 49.8 Å². The molecule has 0 fully saturated rings. The standard InChI is InChI=1S/C21H22N4O2S/c1-22-25-28(27,14-15-7-3-2-4-8-15)24-21(26)23-20-18-11-5-9-16(18)13-17-10-6-12-19(17)20/h2-4,7-8,13H,5-6,9-12,14H2,(H2,23,24,25,26,27). The summed E-state index contributed by atoms with van der Waals surface area (Å²) in [6, 6.07) is 10.8. The molecule has 2 N–H and O–H groups in total. The second-order valence-electron chi connectivity index (χ2n) is 7.24. The van der Waals surface area contributed by atoms with Gasteiger partial charge in [-0.05, 0) is 66.3 Å². The smallest absolute Gasteiger partial charge is 0.307 e. The lowest BCUT2D eigenvalue weighted by molar-refractivity contribution is 0.256. The van der Waals surface area contributed by atoms with E-state index in [1.165, 1.54) is 22.3 Å². The molecule has 1 atom stereocenters. The number of fused-ring (bicyclic) bond motifs is 2. The van der Waals surface area contributed by atoms with Gasteiger partial charge in [-0.2, -0.15) is 6.57 Å². The molecular weight excluding hydrogens is 372 g/mol. The van der Waals surface area contributed by atoms with Crippen LogP contribution in [-0.4, -0.2) is 10.2 Å². The zero-order chi connectivity index (χ0) is 19.6. The van der Waals surface area contributed by atoms with Crippen LogP contribution in [0, 0.1) is 6.57 Å². The van der Waals surface area contributed by atoms with Crippen molar-refractivity contribution in [3.8, 4) is 0 Å². The molecule has 0 spiro atoms. The van der Waals surface area contributed by atoms with Crippen LogP contribution in [0.4, 0.5) is 10.5 Å². The van der Waals surface area contributed by atoms with Gasteiger partial charge in [0.05, 0.1) is 5.75 Å². The van der Waals surface area contributed by atoms with Gasteiger partial charge in [0.1, 0.15) is 0 Å². The number of rotatable bonds is 4. The summed E-state index contributed by atoms with van der Waals surface area (Å²) in [5.41, 5.74) is 6.66. The fourth-order valence-corrected chi connectivity index (χ4v) is 5.49. The highest BCUT2D eigenvalue weighted by Crippen LogP contribution is 2.38. The van der Waals surface area contributed by atoms with Crippen molar-refractivity contribution in [2.75, 3.05) is 5.32 Å². The molecule has 2 aliphatic carbocycles. The molecule has 2 amide bonds. The Kier molecular flexibility index (Phi) is 5.05. The van der Waals surface area contributed by atoms with Gasteiger partial charge in [-0.3, -0.25) is 0 Å². The van der Waals surface area contributed by atoms with Crippen molar-refractivity contribution >= 4 is 21.6 Å². The minimum Gasteiger partial charge on any atom is -0.307 e. The van der Waals surface area contributed by atoms with E-state index in [1.54, 1.807) is 12.1 Å². The summed E-state index contributed by atoms with van der Waals surface area (Å²) in [5, 5.41) is 2.95. The molecule has 4 rings (SSSR count). The number of hydrogen-bond donors (Lipinski definition) is 2. The van der Waals surface area contributed by atoms with Gasteiger partial charge >= 0.3 is 6.03 Å². The number of anilines is 1. The monoisotopic (exact) mass is 394 g/mol. The van der Waals surface area contributed by atoms with Gasteiger partial charge in [-0.1, -0.05) is 36.4 Å². The largest absolute Gasteiger partial charge is 0.331 e. The van der Waals surface area contributed by atoms with Crippen molar-refractivity contribution in [3.05, 3.63) is 75.7 Å². The number of urea groups is 1. The first kappa shape index (κ1) is 18.5. The Morgan fingerprint density at radius 1 is 1.07 bits per heavy atom. The topological polar surface area (TPSA) is 74.9 Å². The summed E-state index contributed by atoms with van der Waals surface area (Å²) in [6.45, 7) is 7.00. The van der Waals surface area contributed by atoms with Crippen LogP contribution in [0.25, 0.3) is 4.95 Å². The van der Waals surface area contributed by atoms with Crippen LogP contribution in [0.5, 0.6) is 0 Å². The number of benzene rings is 2. The average Bonchev–Trinajstić information content (AvgIpc) is 3.31. The fourth-order valence-electron chi connectivity index (χ4n) is 4.20. The maximum absolute atomic E-state index is 13.1. The molecule has 2 aromatic rings. The molecule has 0 bridgehead atoms. The summed E-state index contributed by atoms with van der Waals surface area (Å²) in [5.74, 6) is -0.00531. The lowest BCUT2D eigenvalue weighted by Crippen LogP contribution is -2.35. The molecule has 0 aromatic heterocycles. The molecule has 2 aromatic carbocycles. The molecule has 0 saturated heterocycles. The molecule has 1 unspecified atom stereocenters. The highest BCUT2D eigenvalue weighted by atomic mass is 32.2. The van der Waals surface area contributed by atoms with Crippen molar-refractivity contribution in [2.45, 2.75) is 44.3 Å². The first-order valence-corrected chi connectivity index (χ1v) is 11.2. The second kappa shape index (κ2) is 7.64. The van der Waals surface area contributed by atoms with Crippen LogP contribution in [0.2, 0.25) is 0 Å². The van der Waals surface area contributed by atoms with Gasteiger partial charge in [0.15, 0.2) is 4.47 Å². The third-order valence-corrected chi connectivity index (χ3v) is 6.92. The molecule has 0 saturated carbocycles. The van der Waals surface area contributed by atoms with Crippen molar-refractivity contribution < 1.29 is 9.00 Å². The van der Waals surface area contributed by atoms with Crippen molar-refractivity contribution in [3.63, 3.8) is 0 Å². The van der Waals surface area contributed by atoms with E-state index < -0.39 is 15.9 Å². The van der Waals surface area contributed by atoms with E-state index in [-0.39, 0.29) is 5.75 Å². The summed E-state index contributed by atoms with van der Waals surface area (Å²) in [4.78, 5) is 15.7. The molecular formula is C21H22N4O2S. The van der Waals surface area contributed by atoms with Gasteiger partial charge in [0, 0.05) is 5.69 Å². The van der Waals surface area contributed by atoms with Gasteiger partial charge in [-0.25, -0.2) is 13.7 Å². The minimum atomic E-state index is -3.23. The predicted molar refractivity (Wildman–Crippen MR) is 110 cm³/mol. The van der Waals surface area contributed by atoms with E-state index in [0.29, 0.717) is 0 Å². The van der Waals surface area contributed by atoms with E-state index in [9.17, 15) is 9.00 Å². The molecule has 0 radical (unpaired) electrons. The molecule has 28 heavy (non-hydrogen) atoms. The van der Waals surface area contributed by atoms with Crippen molar-refractivity contribution in [2.24, 2.45) is 4.47 Å². The fraction of sp³-hybridized carbons (Fsp3) is 0.333. The highest BCUT2D eigenvalue weighted by molar-refractivity contribution is 7.91. The first-order chi connectivity index (χ1) is 13.6. The maximum atomic E-state index is 13.1. The highest BCUT2D eigenvalue weighted by Gasteiger charge is 2.26. The number of nitrogens with zero attached hydrogens (tertiary/aromatic N) is 2. The van der Waals surface area contributed by atoms with Crippen LogP contribution in [0.1, 0.15) is 40.7 Å². The number of carbonyl (C=O) groups excluding carboxylic acids is 1. The average molecular weight is 395 g/mol. The maximum Gasteiger partial charge on any atom is 0.331 e. The normalized spacial score (nSPS) is 16.4. The minimum absolute atomic E-state index is 0.00531. The Morgan fingerprint density at radius 2 is 1.71 bits per heavy atom. The lowest BCUT2D eigenvalue weighted by Gasteiger charge is -2.17. The molecule has 6 nitrogen and oxygen atoms in total. The van der Waals surface area contributed by atoms with E-state index in [1.807, 2.05) is 18.2 Å². The zero-order valence-electron chi connectivity index (χ0n) is 15.5. The number of nitrogens with one attached hydrogen (secondary N) is 2. The molecule has 2 aliphatic rings. The van der Waals surface area contributed by atoms with E-state index in [4.69, 9.17) is 6.57 Å². The Balaban J connectivity index is 1.58. The van der Waals surface area contributed by atoms with Crippen LogP contribution in [-0.2, 0) is 41.4 Å². The van der Waals surface area contributed by atoms with Crippen LogP contribution < -0.4 is 10.0 Å². The van der Waals surface area contributed by atoms with Crippen LogP contribution in [0.3, 0.4) is 0 Å². The van der Waals surface area contributed by atoms with Gasteiger partial charge in [-0.15, -0.1) is 4.95 Å². The third-order valence-electron chi connectivity index (χ3n) is 5.34. The molecule has 0 heterocycles. The number of carbonyl (C=O) groups is 1. The Morgan fingerprint density at radius 3 is 2.32 bits per heavy atom. The van der Waals surface area contributed by atoms with Gasteiger partial charge < -0.3 is 5.32 Å². The number of amides is 2. The first-order valence-electron chi connectivity index (χ1n) is 9.48. The van der Waals surface area contributed by atoms with Gasteiger partial charge in [0.2, 0.25) is 9.92 Å².